The van der Waals surface area contributed by atoms with E-state index in [4.69, 9.17) is 0 Å². The first-order valence-corrected chi connectivity index (χ1v) is 9.70. The van der Waals surface area contributed by atoms with Crippen LogP contribution in [0.25, 0.3) is 25.4 Å². The summed E-state index contributed by atoms with van der Waals surface area (Å²) in [5.41, 5.74) is 2.24. The van der Waals surface area contributed by atoms with Gasteiger partial charge in [-0.2, -0.15) is 0 Å². The average Bonchev–Trinajstić information content (AvgIpc) is 3.25. The third kappa shape index (κ3) is 2.23. The summed E-state index contributed by atoms with van der Waals surface area (Å²) in [6.07, 6.45) is 0. The van der Waals surface area contributed by atoms with E-state index in [2.05, 4.69) is 62.0 Å². The van der Waals surface area contributed by atoms with Crippen LogP contribution in [-0.2, 0) is 5.75 Å². The second-order valence-corrected chi connectivity index (χ2v) is 8.10. The minimum Gasteiger partial charge on any atom is -0.260 e. The summed E-state index contributed by atoms with van der Waals surface area (Å²) >= 11 is 5.10. The number of rotatable bonds is 3. The molecule has 0 aliphatic heterocycles. The number of para-hydroxylation sites is 2. The first-order valence-electron chi connectivity index (χ1n) is 7.08. The van der Waals surface area contributed by atoms with E-state index in [0.717, 1.165) is 26.4 Å². The fraction of sp³-hybridized carbons (Fsp3) is 0.0625. The van der Waals surface area contributed by atoms with Crippen LogP contribution in [0.4, 0.5) is 0 Å². The molecule has 5 aromatic rings. The van der Waals surface area contributed by atoms with Gasteiger partial charge in [0, 0.05) is 0 Å². The molecule has 112 valence electrons. The predicted octanol–water partition coefficient (Wildman–Crippen LogP) is 4.85. The number of thiazole rings is 2. The van der Waals surface area contributed by atoms with Crippen LogP contribution in [0.5, 0.6) is 0 Å². The second-order valence-electron chi connectivity index (χ2n) is 5.03. The van der Waals surface area contributed by atoms with Crippen molar-refractivity contribution in [2.45, 2.75) is 10.9 Å². The zero-order valence-corrected chi connectivity index (χ0v) is 14.3. The maximum Gasteiger partial charge on any atom is 0.217 e. The Hall–Kier alpha value is -1.96. The van der Waals surface area contributed by atoms with Crippen LogP contribution in [-0.4, -0.2) is 19.6 Å². The highest BCUT2D eigenvalue weighted by Gasteiger charge is 2.13. The molecule has 5 rings (SSSR count). The SMILES string of the molecule is c1ccc2sc(CSc3nnc4sc5ccccc5n34)nc2c1. The Morgan fingerprint density at radius 3 is 2.65 bits per heavy atom. The summed E-state index contributed by atoms with van der Waals surface area (Å²) in [5, 5.41) is 10.7. The molecule has 7 heteroatoms. The van der Waals surface area contributed by atoms with E-state index in [1.807, 2.05) is 6.07 Å². The highest BCUT2D eigenvalue weighted by atomic mass is 32.2. The van der Waals surface area contributed by atoms with Gasteiger partial charge in [-0.05, 0) is 24.3 Å². The normalized spacial score (nSPS) is 11.8. The van der Waals surface area contributed by atoms with Crippen LogP contribution in [0.3, 0.4) is 0 Å². The highest BCUT2D eigenvalue weighted by molar-refractivity contribution is 7.98. The molecule has 0 radical (unpaired) electrons. The third-order valence-electron chi connectivity index (χ3n) is 3.57. The predicted molar refractivity (Wildman–Crippen MR) is 97.6 cm³/mol. The molecule has 0 aliphatic carbocycles. The Labute approximate surface area is 143 Å². The quantitative estimate of drug-likeness (QED) is 0.435. The van der Waals surface area contributed by atoms with E-state index in [-0.39, 0.29) is 0 Å². The number of thioether (sulfide) groups is 1. The number of nitrogens with zero attached hydrogens (tertiary/aromatic N) is 4. The molecule has 0 amide bonds. The molecule has 23 heavy (non-hydrogen) atoms. The molecular formula is C16H10N4S3. The van der Waals surface area contributed by atoms with Gasteiger partial charge < -0.3 is 0 Å². The third-order valence-corrected chi connectivity index (χ3v) is 6.75. The first-order chi connectivity index (χ1) is 11.4. The fourth-order valence-electron chi connectivity index (χ4n) is 2.56. The van der Waals surface area contributed by atoms with Gasteiger partial charge in [0.05, 0.1) is 26.2 Å². The van der Waals surface area contributed by atoms with E-state index in [1.54, 1.807) is 34.4 Å². The van der Waals surface area contributed by atoms with Gasteiger partial charge in [0.15, 0.2) is 5.16 Å². The average molecular weight is 354 g/mol. The summed E-state index contributed by atoms with van der Waals surface area (Å²) < 4.78 is 4.60. The molecule has 0 aliphatic rings. The maximum absolute atomic E-state index is 4.69. The number of hydrogen-bond acceptors (Lipinski definition) is 6. The van der Waals surface area contributed by atoms with Crippen molar-refractivity contribution in [1.29, 1.82) is 0 Å². The lowest BCUT2D eigenvalue weighted by Crippen LogP contribution is -1.86. The van der Waals surface area contributed by atoms with Gasteiger partial charge in [0.2, 0.25) is 4.96 Å². The largest absolute Gasteiger partial charge is 0.260 e. The van der Waals surface area contributed by atoms with Crippen molar-refractivity contribution < 1.29 is 0 Å². The van der Waals surface area contributed by atoms with Crippen molar-refractivity contribution in [2.75, 3.05) is 0 Å². The van der Waals surface area contributed by atoms with Crippen molar-refractivity contribution in [2.24, 2.45) is 0 Å². The van der Waals surface area contributed by atoms with E-state index >= 15 is 0 Å². The minimum absolute atomic E-state index is 0.810. The van der Waals surface area contributed by atoms with Crippen LogP contribution in [0.2, 0.25) is 0 Å². The van der Waals surface area contributed by atoms with Gasteiger partial charge in [-0.15, -0.1) is 21.5 Å². The molecule has 0 N–H and O–H groups in total. The standard InChI is InChI=1S/C16H10N4S3/c1-3-7-12-10(5-1)17-14(22-12)9-21-15-18-19-16-20(15)11-6-2-4-8-13(11)23-16/h1-8H,9H2. The zero-order chi connectivity index (χ0) is 15.2. The Kier molecular flexibility index (Phi) is 3.10. The van der Waals surface area contributed by atoms with Crippen LogP contribution < -0.4 is 0 Å². The van der Waals surface area contributed by atoms with E-state index in [9.17, 15) is 0 Å². The minimum atomic E-state index is 0.810. The highest BCUT2D eigenvalue weighted by Crippen LogP contribution is 2.32. The van der Waals surface area contributed by atoms with Crippen molar-refractivity contribution in [3.8, 4) is 0 Å². The summed E-state index contributed by atoms with van der Waals surface area (Å²) in [6, 6.07) is 16.6. The molecule has 4 nitrogen and oxygen atoms in total. The zero-order valence-electron chi connectivity index (χ0n) is 11.8. The molecule has 3 aromatic heterocycles. The topological polar surface area (TPSA) is 43.1 Å². The van der Waals surface area contributed by atoms with Crippen molar-refractivity contribution in [3.05, 3.63) is 53.5 Å². The molecule has 0 unspecified atom stereocenters. The second kappa shape index (κ2) is 5.30. The van der Waals surface area contributed by atoms with E-state index in [1.165, 1.54) is 14.9 Å². The van der Waals surface area contributed by atoms with Crippen molar-refractivity contribution in [1.82, 2.24) is 19.6 Å². The molecule has 0 fully saturated rings. The maximum atomic E-state index is 4.69. The van der Waals surface area contributed by atoms with Gasteiger partial charge in [0.25, 0.3) is 0 Å². The van der Waals surface area contributed by atoms with Gasteiger partial charge in [-0.25, -0.2) is 4.98 Å². The summed E-state index contributed by atoms with van der Waals surface area (Å²) in [4.78, 5) is 5.63. The van der Waals surface area contributed by atoms with E-state index < -0.39 is 0 Å². The molecule has 2 aromatic carbocycles. The Bertz CT molecular complexity index is 1110. The van der Waals surface area contributed by atoms with Crippen LogP contribution in [0.15, 0.2) is 53.7 Å². The molecule has 0 bridgehead atoms. The number of fused-ring (bicyclic) bond motifs is 4. The summed E-state index contributed by atoms with van der Waals surface area (Å²) in [5.74, 6) is 0.810. The fourth-order valence-corrected chi connectivity index (χ4v) is 5.48. The number of benzene rings is 2. The van der Waals surface area contributed by atoms with Gasteiger partial charge in [-0.1, -0.05) is 47.4 Å². The summed E-state index contributed by atoms with van der Waals surface area (Å²) in [6.45, 7) is 0. The Morgan fingerprint density at radius 1 is 0.913 bits per heavy atom. The number of aromatic nitrogens is 4. The Morgan fingerprint density at radius 2 is 1.74 bits per heavy atom. The van der Waals surface area contributed by atoms with Crippen LogP contribution in [0, 0.1) is 0 Å². The molecule has 0 saturated heterocycles. The van der Waals surface area contributed by atoms with Gasteiger partial charge in [-0.3, -0.25) is 4.40 Å². The lowest BCUT2D eigenvalue weighted by molar-refractivity contribution is 0.940. The van der Waals surface area contributed by atoms with E-state index in [0.29, 0.717) is 0 Å². The van der Waals surface area contributed by atoms with Crippen molar-refractivity contribution in [3.63, 3.8) is 0 Å². The van der Waals surface area contributed by atoms with Gasteiger partial charge >= 0.3 is 0 Å². The monoisotopic (exact) mass is 354 g/mol. The lowest BCUT2D eigenvalue weighted by Gasteiger charge is -1.97. The first kappa shape index (κ1) is 13.5. The smallest absolute Gasteiger partial charge is 0.217 e. The molecular weight excluding hydrogens is 344 g/mol. The van der Waals surface area contributed by atoms with Gasteiger partial charge in [0.1, 0.15) is 5.01 Å². The molecule has 0 atom stereocenters. The lowest BCUT2D eigenvalue weighted by atomic mass is 10.3. The molecule has 0 spiro atoms. The molecule has 3 heterocycles. The van der Waals surface area contributed by atoms with Crippen LogP contribution >= 0.6 is 34.4 Å². The Balaban J connectivity index is 1.51. The molecule has 0 saturated carbocycles. The summed E-state index contributed by atoms with van der Waals surface area (Å²) in [7, 11) is 0. The van der Waals surface area contributed by atoms with Crippen molar-refractivity contribution >= 4 is 59.8 Å². The van der Waals surface area contributed by atoms with Crippen LogP contribution in [0.1, 0.15) is 5.01 Å². The number of hydrogen-bond donors (Lipinski definition) is 0.